The minimum atomic E-state index is -3.20. The maximum atomic E-state index is 12.2. The van der Waals surface area contributed by atoms with Gasteiger partial charge in [0.1, 0.15) is 5.78 Å². The van der Waals surface area contributed by atoms with Crippen LogP contribution in [-0.4, -0.2) is 37.3 Å². The second-order valence-corrected chi connectivity index (χ2v) is 7.27. The Morgan fingerprint density at radius 2 is 1.82 bits per heavy atom. The summed E-state index contributed by atoms with van der Waals surface area (Å²) in [6, 6.07) is 0. The summed E-state index contributed by atoms with van der Waals surface area (Å²) < 4.78 is 25.7. The Hall–Kier alpha value is -0.420. The maximum absolute atomic E-state index is 12.2. The highest BCUT2D eigenvalue weighted by Gasteiger charge is 2.30. The number of sulfonamides is 1. The number of nitrogens with zero attached hydrogens (tertiary/aromatic N) is 1. The van der Waals surface area contributed by atoms with E-state index in [9.17, 15) is 13.2 Å². The Kier molecular flexibility index (Phi) is 4.20. The summed E-state index contributed by atoms with van der Waals surface area (Å²) >= 11 is 0. The van der Waals surface area contributed by atoms with Crippen molar-refractivity contribution in [2.24, 2.45) is 5.92 Å². The van der Waals surface area contributed by atoms with Crippen molar-refractivity contribution in [3.8, 4) is 0 Å². The van der Waals surface area contributed by atoms with E-state index >= 15 is 0 Å². The van der Waals surface area contributed by atoms with E-state index in [2.05, 4.69) is 0 Å². The van der Waals surface area contributed by atoms with Crippen LogP contribution in [0.4, 0.5) is 0 Å². The second kappa shape index (κ2) is 5.48. The molecule has 0 amide bonds. The third-order valence-electron chi connectivity index (χ3n) is 3.78. The Balaban J connectivity index is 1.95. The number of carbonyl (C=O) groups is 1. The maximum Gasteiger partial charge on any atom is 0.214 e. The molecule has 0 radical (unpaired) electrons. The van der Waals surface area contributed by atoms with Gasteiger partial charge in [0, 0.05) is 13.0 Å². The molecule has 0 aromatic carbocycles. The minimum Gasteiger partial charge on any atom is -0.298 e. The molecule has 5 heteroatoms. The molecule has 0 bridgehead atoms. The lowest BCUT2D eigenvalue weighted by molar-refractivity contribution is -0.120. The standard InChI is InChI=1S/C12H21NO3S/c14-12-7-4-8-13(9-12)17(15,16)10-11-5-2-1-3-6-11/h11H,1-10H2. The van der Waals surface area contributed by atoms with Crippen LogP contribution in [0.25, 0.3) is 0 Å². The molecule has 2 rings (SSSR count). The Morgan fingerprint density at radius 1 is 1.12 bits per heavy atom. The monoisotopic (exact) mass is 259 g/mol. The normalized spacial score (nSPS) is 25.1. The van der Waals surface area contributed by atoms with Gasteiger partial charge >= 0.3 is 0 Å². The van der Waals surface area contributed by atoms with Gasteiger partial charge in [0.25, 0.3) is 0 Å². The third kappa shape index (κ3) is 3.52. The first-order valence-electron chi connectivity index (χ1n) is 6.57. The average Bonchev–Trinajstić information content (AvgIpc) is 2.30. The van der Waals surface area contributed by atoms with Crippen LogP contribution < -0.4 is 0 Å². The molecule has 2 aliphatic rings. The smallest absolute Gasteiger partial charge is 0.214 e. The van der Waals surface area contributed by atoms with E-state index < -0.39 is 10.0 Å². The van der Waals surface area contributed by atoms with Gasteiger partial charge in [-0.05, 0) is 25.2 Å². The fourth-order valence-corrected chi connectivity index (χ4v) is 4.69. The van der Waals surface area contributed by atoms with Crippen molar-refractivity contribution in [3.63, 3.8) is 0 Å². The van der Waals surface area contributed by atoms with Gasteiger partial charge in [0.05, 0.1) is 12.3 Å². The second-order valence-electron chi connectivity index (χ2n) is 5.26. The molecule has 0 aromatic rings. The van der Waals surface area contributed by atoms with E-state index in [4.69, 9.17) is 0 Å². The van der Waals surface area contributed by atoms with E-state index in [0.29, 0.717) is 25.3 Å². The predicted molar refractivity (Wildman–Crippen MR) is 66.2 cm³/mol. The van der Waals surface area contributed by atoms with Gasteiger partial charge in [0.15, 0.2) is 0 Å². The molecule has 1 heterocycles. The zero-order chi connectivity index (χ0) is 12.3. The fourth-order valence-electron chi connectivity index (χ4n) is 2.80. The zero-order valence-corrected chi connectivity index (χ0v) is 11.0. The minimum absolute atomic E-state index is 0.0588. The van der Waals surface area contributed by atoms with Crippen LogP contribution in [0.2, 0.25) is 0 Å². The van der Waals surface area contributed by atoms with Crippen LogP contribution in [0.1, 0.15) is 44.9 Å². The third-order valence-corrected chi connectivity index (χ3v) is 5.77. The van der Waals surface area contributed by atoms with Crippen molar-refractivity contribution in [3.05, 3.63) is 0 Å². The van der Waals surface area contributed by atoms with Gasteiger partial charge in [-0.3, -0.25) is 4.79 Å². The highest BCUT2D eigenvalue weighted by atomic mass is 32.2. The Bertz CT molecular complexity index is 371. The van der Waals surface area contributed by atoms with Crippen LogP contribution in [0.3, 0.4) is 0 Å². The topological polar surface area (TPSA) is 54.5 Å². The van der Waals surface area contributed by atoms with Gasteiger partial charge < -0.3 is 0 Å². The first-order valence-corrected chi connectivity index (χ1v) is 8.18. The fraction of sp³-hybridized carbons (Fsp3) is 0.917. The summed E-state index contributed by atoms with van der Waals surface area (Å²) in [4.78, 5) is 11.3. The quantitative estimate of drug-likeness (QED) is 0.773. The number of hydrogen-bond donors (Lipinski definition) is 0. The highest BCUT2D eigenvalue weighted by Crippen LogP contribution is 2.26. The summed E-state index contributed by atoms with van der Waals surface area (Å²) in [6.07, 6.45) is 6.82. The van der Waals surface area contributed by atoms with Gasteiger partial charge in [-0.25, -0.2) is 8.42 Å². The summed E-state index contributed by atoms with van der Waals surface area (Å²) in [6.45, 7) is 0.635. The van der Waals surface area contributed by atoms with E-state index in [1.807, 2.05) is 0 Å². The summed E-state index contributed by atoms with van der Waals surface area (Å²) in [7, 11) is -3.20. The first-order chi connectivity index (χ1) is 8.08. The first kappa shape index (κ1) is 13.0. The summed E-state index contributed by atoms with van der Waals surface area (Å²) in [5.74, 6) is 0.620. The number of ketones is 1. The van der Waals surface area contributed by atoms with Gasteiger partial charge in [0.2, 0.25) is 10.0 Å². The number of piperidine rings is 1. The lowest BCUT2D eigenvalue weighted by Crippen LogP contribution is -2.42. The molecule has 0 spiro atoms. The molecule has 0 atom stereocenters. The molecular formula is C12H21NO3S. The Morgan fingerprint density at radius 3 is 2.47 bits per heavy atom. The van der Waals surface area contributed by atoms with Crippen molar-refractivity contribution >= 4 is 15.8 Å². The van der Waals surface area contributed by atoms with Crippen molar-refractivity contribution in [2.45, 2.75) is 44.9 Å². The molecule has 1 saturated heterocycles. The molecule has 98 valence electrons. The molecule has 1 aliphatic carbocycles. The molecule has 0 aromatic heterocycles. The summed E-state index contributed by atoms with van der Waals surface area (Å²) in [5.41, 5.74) is 0. The predicted octanol–water partition coefficient (Wildman–Crippen LogP) is 1.56. The molecule has 17 heavy (non-hydrogen) atoms. The van der Waals surface area contributed by atoms with E-state index in [1.54, 1.807) is 0 Å². The number of hydrogen-bond acceptors (Lipinski definition) is 3. The number of rotatable bonds is 3. The van der Waals surface area contributed by atoms with Crippen LogP contribution in [0.5, 0.6) is 0 Å². The summed E-state index contributed by atoms with van der Waals surface area (Å²) in [5, 5.41) is 0. The van der Waals surface area contributed by atoms with Crippen molar-refractivity contribution in [1.29, 1.82) is 0 Å². The van der Waals surface area contributed by atoms with E-state index in [1.165, 1.54) is 10.7 Å². The molecule has 1 saturated carbocycles. The van der Waals surface area contributed by atoms with E-state index in [0.717, 1.165) is 25.7 Å². The lowest BCUT2D eigenvalue weighted by atomic mass is 9.91. The average molecular weight is 259 g/mol. The molecule has 0 unspecified atom stereocenters. The molecular weight excluding hydrogens is 238 g/mol. The highest BCUT2D eigenvalue weighted by molar-refractivity contribution is 7.89. The SMILES string of the molecule is O=C1CCCN(S(=O)(=O)CC2CCCCC2)C1. The van der Waals surface area contributed by atoms with Crippen LogP contribution in [0.15, 0.2) is 0 Å². The van der Waals surface area contributed by atoms with Crippen LogP contribution >= 0.6 is 0 Å². The molecule has 1 aliphatic heterocycles. The van der Waals surface area contributed by atoms with Crippen molar-refractivity contribution in [1.82, 2.24) is 4.31 Å². The largest absolute Gasteiger partial charge is 0.298 e. The lowest BCUT2D eigenvalue weighted by Gasteiger charge is -2.28. The zero-order valence-electron chi connectivity index (χ0n) is 10.2. The van der Waals surface area contributed by atoms with Gasteiger partial charge in [-0.15, -0.1) is 0 Å². The van der Waals surface area contributed by atoms with E-state index in [-0.39, 0.29) is 18.1 Å². The number of carbonyl (C=O) groups excluding carboxylic acids is 1. The van der Waals surface area contributed by atoms with Gasteiger partial charge in [-0.1, -0.05) is 19.3 Å². The molecule has 0 N–H and O–H groups in total. The molecule has 4 nitrogen and oxygen atoms in total. The van der Waals surface area contributed by atoms with Gasteiger partial charge in [-0.2, -0.15) is 4.31 Å². The van der Waals surface area contributed by atoms with Crippen molar-refractivity contribution in [2.75, 3.05) is 18.8 Å². The Labute approximate surface area is 103 Å². The van der Waals surface area contributed by atoms with Crippen LogP contribution in [-0.2, 0) is 14.8 Å². The number of Topliss-reactive ketones (excluding diaryl/α,β-unsaturated/α-hetero) is 1. The van der Waals surface area contributed by atoms with Crippen molar-refractivity contribution < 1.29 is 13.2 Å². The molecule has 2 fully saturated rings. The van der Waals surface area contributed by atoms with Crippen LogP contribution in [0, 0.1) is 5.92 Å².